The Labute approximate surface area is 160 Å². The molecule has 0 saturated carbocycles. The Morgan fingerprint density at radius 2 is 2.04 bits per heavy atom. The van der Waals surface area contributed by atoms with Gasteiger partial charge in [0, 0.05) is 6.42 Å². The van der Waals surface area contributed by atoms with Crippen LogP contribution in [0, 0.1) is 6.92 Å². The van der Waals surface area contributed by atoms with Gasteiger partial charge in [-0.2, -0.15) is 0 Å². The number of carbonyl (C=O) groups is 1. The molecule has 7 heteroatoms. The molecular weight excluding hydrogens is 364 g/mol. The summed E-state index contributed by atoms with van der Waals surface area (Å²) in [6.45, 7) is 2.34. The summed E-state index contributed by atoms with van der Waals surface area (Å²) >= 11 is 1.26. The normalized spacial score (nSPS) is 16.5. The van der Waals surface area contributed by atoms with E-state index in [0.717, 1.165) is 5.56 Å². The highest BCUT2D eigenvalue weighted by atomic mass is 32.2. The molecule has 1 aliphatic heterocycles. The highest BCUT2D eigenvalue weighted by Crippen LogP contribution is 2.32. The summed E-state index contributed by atoms with van der Waals surface area (Å²) in [6, 6.07) is 12.8. The van der Waals surface area contributed by atoms with Crippen LogP contribution >= 0.6 is 11.8 Å². The van der Waals surface area contributed by atoms with Crippen molar-refractivity contribution in [3.63, 3.8) is 0 Å². The molecule has 1 aliphatic rings. The van der Waals surface area contributed by atoms with E-state index in [-0.39, 0.29) is 16.8 Å². The predicted octanol–water partition coefficient (Wildman–Crippen LogP) is 3.11. The minimum absolute atomic E-state index is 0.196. The lowest BCUT2D eigenvalue weighted by molar-refractivity contribution is -0.137. The average Bonchev–Trinajstić information content (AvgIpc) is 3.07. The van der Waals surface area contributed by atoms with Crippen LogP contribution in [0.4, 0.5) is 0 Å². The van der Waals surface area contributed by atoms with Crippen molar-refractivity contribution in [3.05, 3.63) is 58.4 Å². The van der Waals surface area contributed by atoms with Crippen LogP contribution in [0.2, 0.25) is 0 Å². The summed E-state index contributed by atoms with van der Waals surface area (Å²) in [7, 11) is 1.56. The molecule has 1 atom stereocenters. The first kappa shape index (κ1) is 17.6. The van der Waals surface area contributed by atoms with Gasteiger partial charge in [-0.1, -0.05) is 30.0 Å². The average molecular weight is 382 g/mol. The number of rotatable bonds is 4. The molecule has 0 amide bonds. The van der Waals surface area contributed by atoms with Gasteiger partial charge in [-0.15, -0.1) is 0 Å². The smallest absolute Gasteiger partial charge is 0.319 e. The molecule has 2 aromatic carbocycles. The van der Waals surface area contributed by atoms with E-state index in [1.165, 1.54) is 16.3 Å². The van der Waals surface area contributed by atoms with Gasteiger partial charge in [-0.05, 0) is 36.8 Å². The number of aromatic nitrogens is 2. The molecular formula is C20H18N2O4S. The summed E-state index contributed by atoms with van der Waals surface area (Å²) in [5.41, 5.74) is 1.99. The number of hydrogen-bond acceptors (Lipinski definition) is 6. The van der Waals surface area contributed by atoms with Crippen LogP contribution in [-0.4, -0.2) is 34.5 Å². The zero-order valence-corrected chi connectivity index (χ0v) is 15.8. The van der Waals surface area contributed by atoms with Gasteiger partial charge in [0.25, 0.3) is 5.56 Å². The molecule has 1 saturated heterocycles. The van der Waals surface area contributed by atoms with Crippen LogP contribution in [0.3, 0.4) is 0 Å². The quantitative estimate of drug-likeness (QED) is 0.510. The Bertz CT molecular complexity index is 1090. The number of para-hydroxylation sites is 1. The highest BCUT2D eigenvalue weighted by Gasteiger charge is 2.30. The molecule has 0 N–H and O–H groups in total. The Kier molecular flexibility index (Phi) is 4.61. The van der Waals surface area contributed by atoms with Gasteiger partial charge in [0.1, 0.15) is 11.0 Å². The van der Waals surface area contributed by atoms with E-state index in [2.05, 4.69) is 4.98 Å². The number of cyclic esters (lactones) is 1. The van der Waals surface area contributed by atoms with Crippen LogP contribution in [0.25, 0.3) is 16.6 Å². The number of methoxy groups -OCH3 is 1. The SMILES string of the molecule is COc1ccc(C)cc1-n1c(S[C@@H]2CCOC2=O)nc2ccccc2c1=O. The number of aryl methyl sites for hydroxylation is 1. The van der Waals surface area contributed by atoms with Gasteiger partial charge < -0.3 is 9.47 Å². The fraction of sp³-hybridized carbons (Fsp3) is 0.250. The number of nitrogens with zero attached hydrogens (tertiary/aromatic N) is 2. The second kappa shape index (κ2) is 7.08. The highest BCUT2D eigenvalue weighted by molar-refractivity contribution is 8.00. The molecule has 0 radical (unpaired) electrons. The predicted molar refractivity (Wildman–Crippen MR) is 104 cm³/mol. The van der Waals surface area contributed by atoms with E-state index in [4.69, 9.17) is 9.47 Å². The number of ether oxygens (including phenoxy) is 2. The van der Waals surface area contributed by atoms with Crippen LogP contribution in [0.15, 0.2) is 52.4 Å². The van der Waals surface area contributed by atoms with Gasteiger partial charge in [0.15, 0.2) is 5.16 Å². The second-order valence-corrected chi connectivity index (χ2v) is 7.46. The maximum absolute atomic E-state index is 13.3. The van der Waals surface area contributed by atoms with Crippen molar-refractivity contribution < 1.29 is 14.3 Å². The third kappa shape index (κ3) is 3.19. The molecule has 0 aliphatic carbocycles. The van der Waals surface area contributed by atoms with Crippen molar-refractivity contribution in [2.24, 2.45) is 0 Å². The minimum atomic E-state index is -0.375. The van der Waals surface area contributed by atoms with Crippen LogP contribution < -0.4 is 10.3 Å². The second-order valence-electron chi connectivity index (χ2n) is 6.29. The Hall–Kier alpha value is -2.80. The van der Waals surface area contributed by atoms with E-state index in [0.29, 0.717) is 40.5 Å². The van der Waals surface area contributed by atoms with Crippen LogP contribution in [0.5, 0.6) is 5.75 Å². The summed E-state index contributed by atoms with van der Waals surface area (Å²) < 4.78 is 12.1. The molecule has 1 aromatic heterocycles. The van der Waals surface area contributed by atoms with Crippen LogP contribution in [-0.2, 0) is 9.53 Å². The molecule has 0 spiro atoms. The summed E-state index contributed by atoms with van der Waals surface area (Å²) in [4.78, 5) is 30.0. The third-order valence-electron chi connectivity index (χ3n) is 4.46. The number of esters is 1. The molecule has 0 bridgehead atoms. The molecule has 4 rings (SSSR count). The lowest BCUT2D eigenvalue weighted by Gasteiger charge is -2.17. The van der Waals surface area contributed by atoms with Gasteiger partial charge in [-0.3, -0.25) is 14.2 Å². The molecule has 6 nitrogen and oxygen atoms in total. The molecule has 1 fully saturated rings. The fourth-order valence-corrected chi connectivity index (χ4v) is 4.16. The maximum atomic E-state index is 13.3. The summed E-state index contributed by atoms with van der Waals surface area (Å²) in [6.07, 6.45) is 0.594. The van der Waals surface area contributed by atoms with Gasteiger partial charge in [0.05, 0.1) is 30.3 Å². The van der Waals surface area contributed by atoms with Crippen molar-refractivity contribution in [1.29, 1.82) is 0 Å². The van der Waals surface area contributed by atoms with Gasteiger partial charge >= 0.3 is 5.97 Å². The lowest BCUT2D eigenvalue weighted by atomic mass is 10.2. The van der Waals surface area contributed by atoms with Crippen molar-refractivity contribution in [1.82, 2.24) is 9.55 Å². The molecule has 3 aromatic rings. The van der Waals surface area contributed by atoms with Crippen molar-refractivity contribution in [2.45, 2.75) is 23.8 Å². The zero-order valence-electron chi connectivity index (χ0n) is 15.0. The summed E-state index contributed by atoms with van der Waals surface area (Å²) in [5, 5.41) is 0.589. The number of fused-ring (bicyclic) bond motifs is 1. The lowest BCUT2D eigenvalue weighted by Crippen LogP contribution is -2.24. The third-order valence-corrected chi connectivity index (χ3v) is 5.65. The topological polar surface area (TPSA) is 70.4 Å². The van der Waals surface area contributed by atoms with E-state index in [1.54, 1.807) is 19.2 Å². The van der Waals surface area contributed by atoms with Gasteiger partial charge in [-0.25, -0.2) is 4.98 Å². The number of thioether (sulfide) groups is 1. The number of hydrogen-bond donors (Lipinski definition) is 0. The molecule has 2 heterocycles. The standard InChI is InChI=1S/C20H18N2O4S/c1-12-7-8-16(25-2)15(11-12)22-18(23)13-5-3-4-6-14(13)21-20(22)27-17-9-10-26-19(17)24/h3-8,11,17H,9-10H2,1-2H3/t17-/m1/s1. The zero-order chi connectivity index (χ0) is 19.0. The maximum Gasteiger partial charge on any atom is 0.319 e. The van der Waals surface area contributed by atoms with Crippen molar-refractivity contribution in [2.75, 3.05) is 13.7 Å². The number of carbonyl (C=O) groups excluding carboxylic acids is 1. The van der Waals surface area contributed by atoms with Crippen LogP contribution in [0.1, 0.15) is 12.0 Å². The van der Waals surface area contributed by atoms with E-state index >= 15 is 0 Å². The van der Waals surface area contributed by atoms with E-state index in [9.17, 15) is 9.59 Å². The monoisotopic (exact) mass is 382 g/mol. The van der Waals surface area contributed by atoms with Gasteiger partial charge in [0.2, 0.25) is 0 Å². The number of benzene rings is 2. The molecule has 27 heavy (non-hydrogen) atoms. The van der Waals surface area contributed by atoms with Crippen molar-refractivity contribution >= 4 is 28.6 Å². The summed E-state index contributed by atoms with van der Waals surface area (Å²) in [5.74, 6) is 0.292. The minimum Gasteiger partial charge on any atom is -0.495 e. The fourth-order valence-electron chi connectivity index (χ4n) is 3.09. The Morgan fingerprint density at radius 3 is 2.78 bits per heavy atom. The first-order valence-electron chi connectivity index (χ1n) is 8.58. The van der Waals surface area contributed by atoms with E-state index < -0.39 is 0 Å². The largest absolute Gasteiger partial charge is 0.495 e. The Balaban J connectivity index is 1.98. The first-order chi connectivity index (χ1) is 13.1. The molecule has 138 valence electrons. The van der Waals surface area contributed by atoms with E-state index in [1.807, 2.05) is 37.3 Å². The first-order valence-corrected chi connectivity index (χ1v) is 9.46. The molecule has 0 unspecified atom stereocenters. The van der Waals surface area contributed by atoms with Crippen molar-refractivity contribution in [3.8, 4) is 11.4 Å². The Morgan fingerprint density at radius 1 is 1.22 bits per heavy atom.